The molecule has 0 aliphatic rings. The smallest absolute Gasteiger partial charge is 0.0370 e. The second-order valence-electron chi connectivity index (χ2n) is 6.31. The summed E-state index contributed by atoms with van der Waals surface area (Å²) in [6.07, 6.45) is 2.47. The van der Waals surface area contributed by atoms with Gasteiger partial charge in [0.05, 0.1) is 0 Å². The number of rotatable bonds is 8. The summed E-state index contributed by atoms with van der Waals surface area (Å²) in [6.45, 7) is 8.87. The van der Waals surface area contributed by atoms with E-state index in [0.29, 0.717) is 6.04 Å². The zero-order chi connectivity index (χ0) is 16.7. The molecule has 0 spiro atoms. The maximum atomic E-state index is 3.30. The highest BCUT2D eigenvalue weighted by Crippen LogP contribution is 2.26. The Bertz CT molecular complexity index is 592. The van der Waals surface area contributed by atoms with E-state index >= 15 is 0 Å². The van der Waals surface area contributed by atoms with Crippen molar-refractivity contribution < 1.29 is 0 Å². The number of hydrogen-bond acceptors (Lipinski definition) is 2. The van der Waals surface area contributed by atoms with Gasteiger partial charge in [-0.2, -0.15) is 0 Å². The third-order valence-corrected chi connectivity index (χ3v) is 4.59. The molecule has 0 saturated carbocycles. The van der Waals surface area contributed by atoms with E-state index in [2.05, 4.69) is 79.5 Å². The van der Waals surface area contributed by atoms with Crippen molar-refractivity contribution in [2.75, 3.05) is 18.9 Å². The van der Waals surface area contributed by atoms with Crippen LogP contribution in [0.2, 0.25) is 0 Å². The molecular weight excluding hydrogens is 280 g/mol. The van der Waals surface area contributed by atoms with Crippen LogP contribution >= 0.6 is 0 Å². The lowest BCUT2D eigenvalue weighted by Gasteiger charge is -2.30. The van der Waals surface area contributed by atoms with Crippen LogP contribution in [0.25, 0.3) is 0 Å². The van der Waals surface area contributed by atoms with Gasteiger partial charge < -0.3 is 5.32 Å². The van der Waals surface area contributed by atoms with Gasteiger partial charge in [-0.15, -0.1) is 0 Å². The van der Waals surface area contributed by atoms with Crippen LogP contribution in [-0.4, -0.2) is 18.5 Å². The minimum atomic E-state index is 0.412. The summed E-state index contributed by atoms with van der Waals surface area (Å²) in [5.41, 5.74) is 5.29. The molecule has 1 N–H and O–H groups in total. The van der Waals surface area contributed by atoms with E-state index in [0.717, 1.165) is 13.1 Å². The van der Waals surface area contributed by atoms with Crippen LogP contribution < -0.4 is 5.32 Å². The largest absolute Gasteiger partial charge is 0.388 e. The molecule has 23 heavy (non-hydrogen) atoms. The van der Waals surface area contributed by atoms with Crippen molar-refractivity contribution in [3.8, 4) is 0 Å². The molecule has 2 nitrogen and oxygen atoms in total. The van der Waals surface area contributed by atoms with Gasteiger partial charge in [0.2, 0.25) is 0 Å². The number of hydrogen-bond donors (Lipinski definition) is 1. The predicted octanol–water partition coefficient (Wildman–Crippen LogP) is 5.40. The molecule has 2 heteroatoms. The Balaban J connectivity index is 2.20. The van der Waals surface area contributed by atoms with Gasteiger partial charge in [0.15, 0.2) is 0 Å². The van der Waals surface area contributed by atoms with Gasteiger partial charge in [0.25, 0.3) is 0 Å². The lowest BCUT2D eigenvalue weighted by molar-refractivity contribution is 0.198. The lowest BCUT2D eigenvalue weighted by atomic mass is 10.0. The second-order valence-corrected chi connectivity index (χ2v) is 6.31. The van der Waals surface area contributed by atoms with Crippen molar-refractivity contribution in [1.29, 1.82) is 0 Å². The van der Waals surface area contributed by atoms with Crippen molar-refractivity contribution in [1.82, 2.24) is 4.90 Å². The minimum absolute atomic E-state index is 0.412. The molecule has 0 amide bonds. The zero-order valence-electron chi connectivity index (χ0n) is 15.0. The SMILES string of the molecule is CCCCN(Cc1ccccc1)[C@H](C)c1ccc(C)c(NC)c1. The summed E-state index contributed by atoms with van der Waals surface area (Å²) >= 11 is 0. The number of aryl methyl sites for hydroxylation is 1. The fourth-order valence-corrected chi connectivity index (χ4v) is 2.97. The highest BCUT2D eigenvalue weighted by atomic mass is 15.1. The fraction of sp³-hybridized carbons (Fsp3) is 0.429. The first-order valence-corrected chi connectivity index (χ1v) is 8.72. The van der Waals surface area contributed by atoms with Crippen molar-refractivity contribution in [2.24, 2.45) is 0 Å². The summed E-state index contributed by atoms with van der Waals surface area (Å²) < 4.78 is 0. The molecule has 0 aliphatic heterocycles. The molecule has 0 aromatic heterocycles. The van der Waals surface area contributed by atoms with Gasteiger partial charge >= 0.3 is 0 Å². The van der Waals surface area contributed by atoms with Gasteiger partial charge in [-0.25, -0.2) is 0 Å². The summed E-state index contributed by atoms with van der Waals surface area (Å²) in [5.74, 6) is 0. The van der Waals surface area contributed by atoms with Gasteiger partial charge in [0, 0.05) is 25.3 Å². The normalized spacial score (nSPS) is 12.4. The van der Waals surface area contributed by atoms with E-state index in [1.807, 2.05) is 7.05 Å². The predicted molar refractivity (Wildman–Crippen MR) is 101 cm³/mol. The van der Waals surface area contributed by atoms with E-state index in [1.54, 1.807) is 0 Å². The van der Waals surface area contributed by atoms with Crippen molar-refractivity contribution in [2.45, 2.75) is 46.2 Å². The fourth-order valence-electron chi connectivity index (χ4n) is 2.97. The van der Waals surface area contributed by atoms with Gasteiger partial charge in [0.1, 0.15) is 0 Å². The second kappa shape index (κ2) is 8.73. The van der Waals surface area contributed by atoms with Gasteiger partial charge in [-0.3, -0.25) is 4.90 Å². The van der Waals surface area contributed by atoms with E-state index in [1.165, 1.54) is 35.2 Å². The molecule has 0 saturated heterocycles. The highest BCUT2D eigenvalue weighted by molar-refractivity contribution is 5.52. The van der Waals surface area contributed by atoms with E-state index < -0.39 is 0 Å². The van der Waals surface area contributed by atoms with Crippen LogP contribution in [0.4, 0.5) is 5.69 Å². The van der Waals surface area contributed by atoms with Crippen LogP contribution in [0, 0.1) is 6.92 Å². The van der Waals surface area contributed by atoms with Crippen molar-refractivity contribution >= 4 is 5.69 Å². The highest BCUT2D eigenvalue weighted by Gasteiger charge is 2.16. The number of benzene rings is 2. The molecule has 2 rings (SSSR count). The first-order valence-electron chi connectivity index (χ1n) is 8.72. The van der Waals surface area contributed by atoms with E-state index in [-0.39, 0.29) is 0 Å². The molecule has 0 bridgehead atoms. The van der Waals surface area contributed by atoms with E-state index in [9.17, 15) is 0 Å². The molecule has 0 unspecified atom stereocenters. The van der Waals surface area contributed by atoms with Crippen molar-refractivity contribution in [3.05, 3.63) is 65.2 Å². The Labute approximate surface area is 141 Å². The van der Waals surface area contributed by atoms with Gasteiger partial charge in [-0.1, -0.05) is 55.8 Å². The minimum Gasteiger partial charge on any atom is -0.388 e. The molecule has 2 aromatic carbocycles. The third kappa shape index (κ3) is 4.84. The average molecular weight is 310 g/mol. The number of nitrogens with zero attached hydrogens (tertiary/aromatic N) is 1. The Kier molecular flexibility index (Phi) is 6.66. The molecule has 1 atom stereocenters. The van der Waals surface area contributed by atoms with Crippen molar-refractivity contribution in [3.63, 3.8) is 0 Å². The monoisotopic (exact) mass is 310 g/mol. The van der Waals surface area contributed by atoms with Crippen LogP contribution in [-0.2, 0) is 6.54 Å². The lowest BCUT2D eigenvalue weighted by Crippen LogP contribution is -2.27. The molecule has 0 aliphatic carbocycles. The van der Waals surface area contributed by atoms with Gasteiger partial charge in [-0.05, 0) is 49.6 Å². The molecule has 124 valence electrons. The zero-order valence-corrected chi connectivity index (χ0v) is 15.0. The molecular formula is C21H30N2. The molecule has 0 heterocycles. The van der Waals surface area contributed by atoms with Crippen LogP contribution in [0.15, 0.2) is 48.5 Å². The Hall–Kier alpha value is -1.80. The summed E-state index contributed by atoms with van der Waals surface area (Å²) in [6, 6.07) is 18.0. The number of unbranched alkanes of at least 4 members (excludes halogenated alkanes) is 1. The Morgan fingerprint density at radius 1 is 1.09 bits per heavy atom. The summed E-state index contributed by atoms with van der Waals surface area (Å²) in [7, 11) is 2.00. The van der Waals surface area contributed by atoms with Crippen LogP contribution in [0.5, 0.6) is 0 Å². The Morgan fingerprint density at radius 3 is 2.48 bits per heavy atom. The number of nitrogens with one attached hydrogen (secondary N) is 1. The molecule has 0 radical (unpaired) electrons. The summed E-state index contributed by atoms with van der Waals surface area (Å²) in [5, 5.41) is 3.30. The number of anilines is 1. The molecule has 2 aromatic rings. The average Bonchev–Trinajstić information content (AvgIpc) is 2.59. The van der Waals surface area contributed by atoms with Crippen LogP contribution in [0.1, 0.15) is 49.4 Å². The standard InChI is InChI=1S/C21H30N2/c1-5-6-14-23(16-19-10-8-7-9-11-19)18(3)20-13-12-17(2)21(15-20)22-4/h7-13,15,18,22H,5-6,14,16H2,1-4H3/t18-/m1/s1. The quantitative estimate of drug-likeness (QED) is 0.702. The third-order valence-electron chi connectivity index (χ3n) is 4.59. The van der Waals surface area contributed by atoms with E-state index in [4.69, 9.17) is 0 Å². The maximum Gasteiger partial charge on any atom is 0.0370 e. The first kappa shape index (κ1) is 17.6. The molecule has 0 fully saturated rings. The first-order chi connectivity index (χ1) is 11.2. The Morgan fingerprint density at radius 2 is 1.83 bits per heavy atom. The van der Waals surface area contributed by atoms with Crippen LogP contribution in [0.3, 0.4) is 0 Å². The topological polar surface area (TPSA) is 15.3 Å². The maximum absolute atomic E-state index is 3.30. The summed E-state index contributed by atoms with van der Waals surface area (Å²) in [4.78, 5) is 2.59.